The minimum Gasteiger partial charge on any atom is -0.484 e. The molecule has 4 aromatic rings. The van der Waals surface area contributed by atoms with Crippen LogP contribution in [0.15, 0.2) is 59.4 Å². The van der Waals surface area contributed by atoms with Crippen molar-refractivity contribution < 1.29 is 9.53 Å². The maximum absolute atomic E-state index is 12.4. The molecule has 0 aliphatic rings. The molecule has 2 aromatic carbocycles. The molecule has 0 aliphatic heterocycles. The van der Waals surface area contributed by atoms with Crippen molar-refractivity contribution >= 4 is 22.2 Å². The highest BCUT2D eigenvalue weighted by Gasteiger charge is 2.12. The molecule has 0 fully saturated rings. The third-order valence-corrected chi connectivity index (χ3v) is 5.47. The smallest absolute Gasteiger partial charge is 0.275 e. The first kappa shape index (κ1) is 19.8. The molecule has 0 bridgehead atoms. The van der Waals surface area contributed by atoms with Crippen molar-refractivity contribution in [3.05, 3.63) is 81.8 Å². The summed E-state index contributed by atoms with van der Waals surface area (Å²) in [5.41, 5.74) is 3.36. The maximum Gasteiger partial charge on any atom is 0.275 e. The molecule has 0 atom stereocenters. The largest absolute Gasteiger partial charge is 0.484 e. The normalized spacial score (nSPS) is 10.9. The third kappa shape index (κ3) is 4.38. The average molecular weight is 420 g/mol. The number of hydrogen-bond donors (Lipinski definition) is 1. The monoisotopic (exact) mass is 420 g/mol. The van der Waals surface area contributed by atoms with Crippen molar-refractivity contribution in [2.75, 3.05) is 6.61 Å². The van der Waals surface area contributed by atoms with E-state index in [2.05, 4.69) is 15.4 Å². The van der Waals surface area contributed by atoms with Crippen LogP contribution in [0.1, 0.15) is 16.8 Å². The van der Waals surface area contributed by atoms with Gasteiger partial charge in [-0.25, -0.2) is 4.98 Å². The molecule has 0 saturated carbocycles. The van der Waals surface area contributed by atoms with Crippen LogP contribution in [0.2, 0.25) is 0 Å². The maximum atomic E-state index is 12.4. The summed E-state index contributed by atoms with van der Waals surface area (Å²) in [6.45, 7) is 4.01. The Morgan fingerprint density at radius 3 is 2.67 bits per heavy atom. The number of benzene rings is 2. The third-order valence-electron chi connectivity index (χ3n) is 4.53. The van der Waals surface area contributed by atoms with Crippen LogP contribution in [0, 0.1) is 13.8 Å². The standard InChI is InChI=1S/C22H20N4O3S/c1-14-7-9-17(10-8-14)29-13-19(27)23-12-16-11-20(28)26-22(24-16)30-21(25-26)18-6-4-3-5-15(18)2/h3-11H,12-13H2,1-2H3,(H,23,27). The van der Waals surface area contributed by atoms with E-state index in [9.17, 15) is 9.59 Å². The van der Waals surface area contributed by atoms with E-state index in [0.29, 0.717) is 16.4 Å². The summed E-state index contributed by atoms with van der Waals surface area (Å²) in [6.07, 6.45) is 0. The topological polar surface area (TPSA) is 85.6 Å². The quantitative estimate of drug-likeness (QED) is 0.518. The van der Waals surface area contributed by atoms with Crippen LogP contribution >= 0.6 is 11.3 Å². The fourth-order valence-electron chi connectivity index (χ4n) is 2.89. The van der Waals surface area contributed by atoms with Gasteiger partial charge in [0.25, 0.3) is 11.5 Å². The van der Waals surface area contributed by atoms with Gasteiger partial charge in [0, 0.05) is 11.6 Å². The molecular formula is C22H20N4O3S. The Morgan fingerprint density at radius 2 is 1.90 bits per heavy atom. The molecule has 0 unspecified atom stereocenters. The van der Waals surface area contributed by atoms with Crippen molar-refractivity contribution in [1.29, 1.82) is 0 Å². The second kappa shape index (κ2) is 8.46. The van der Waals surface area contributed by atoms with Crippen molar-refractivity contribution in [3.8, 4) is 16.3 Å². The summed E-state index contributed by atoms with van der Waals surface area (Å²) in [5, 5.41) is 7.86. The predicted molar refractivity (Wildman–Crippen MR) is 116 cm³/mol. The van der Waals surface area contributed by atoms with Gasteiger partial charge in [0.2, 0.25) is 4.96 Å². The van der Waals surface area contributed by atoms with E-state index in [-0.39, 0.29) is 24.6 Å². The van der Waals surface area contributed by atoms with Crippen LogP contribution in [0.4, 0.5) is 0 Å². The van der Waals surface area contributed by atoms with Crippen LogP contribution in [-0.2, 0) is 11.3 Å². The molecule has 0 radical (unpaired) electrons. The van der Waals surface area contributed by atoms with Crippen molar-refractivity contribution in [3.63, 3.8) is 0 Å². The number of fused-ring (bicyclic) bond motifs is 1. The Hall–Kier alpha value is -3.52. The average Bonchev–Trinajstić information content (AvgIpc) is 3.17. The lowest BCUT2D eigenvalue weighted by atomic mass is 10.1. The highest BCUT2D eigenvalue weighted by atomic mass is 32.1. The van der Waals surface area contributed by atoms with E-state index in [0.717, 1.165) is 21.7 Å². The number of rotatable bonds is 6. The van der Waals surface area contributed by atoms with Gasteiger partial charge in [0.05, 0.1) is 12.2 Å². The molecule has 0 spiro atoms. The molecule has 4 rings (SSSR count). The zero-order valence-corrected chi connectivity index (χ0v) is 17.4. The van der Waals surface area contributed by atoms with Gasteiger partial charge in [0.1, 0.15) is 10.8 Å². The molecule has 1 N–H and O–H groups in total. The first-order valence-electron chi connectivity index (χ1n) is 9.41. The number of aryl methyl sites for hydroxylation is 2. The first-order valence-corrected chi connectivity index (χ1v) is 10.2. The number of hydrogen-bond acceptors (Lipinski definition) is 6. The SMILES string of the molecule is Cc1ccc(OCC(=O)NCc2cc(=O)n3nc(-c4ccccc4C)sc3n2)cc1. The molecule has 0 aliphatic carbocycles. The molecule has 0 saturated heterocycles. The molecule has 2 heterocycles. The minimum atomic E-state index is -0.289. The lowest BCUT2D eigenvalue weighted by Gasteiger charge is -2.07. The Labute approximate surface area is 177 Å². The lowest BCUT2D eigenvalue weighted by Crippen LogP contribution is -2.29. The molecule has 152 valence electrons. The van der Waals surface area contributed by atoms with Gasteiger partial charge in [0.15, 0.2) is 6.61 Å². The van der Waals surface area contributed by atoms with Crippen LogP contribution in [0.3, 0.4) is 0 Å². The zero-order valence-electron chi connectivity index (χ0n) is 16.6. The summed E-state index contributed by atoms with van der Waals surface area (Å²) < 4.78 is 6.75. The Bertz CT molecular complexity index is 1260. The van der Waals surface area contributed by atoms with Gasteiger partial charge >= 0.3 is 0 Å². The Kier molecular flexibility index (Phi) is 5.58. The van der Waals surface area contributed by atoms with Crippen molar-refractivity contribution in [1.82, 2.24) is 19.9 Å². The van der Waals surface area contributed by atoms with E-state index >= 15 is 0 Å². The Balaban J connectivity index is 1.44. The van der Waals surface area contributed by atoms with Crippen LogP contribution in [-0.4, -0.2) is 27.1 Å². The number of carbonyl (C=O) groups is 1. The predicted octanol–water partition coefficient (Wildman–Crippen LogP) is 3.13. The molecule has 8 heteroatoms. The lowest BCUT2D eigenvalue weighted by molar-refractivity contribution is -0.123. The van der Waals surface area contributed by atoms with E-state index in [1.165, 1.54) is 21.9 Å². The summed E-state index contributed by atoms with van der Waals surface area (Å²) in [7, 11) is 0. The summed E-state index contributed by atoms with van der Waals surface area (Å²) in [6, 6.07) is 16.7. The first-order chi connectivity index (χ1) is 14.5. The molecular weight excluding hydrogens is 400 g/mol. The second-order valence-corrected chi connectivity index (χ2v) is 7.84. The number of aromatic nitrogens is 3. The summed E-state index contributed by atoms with van der Waals surface area (Å²) >= 11 is 1.34. The van der Waals surface area contributed by atoms with Gasteiger partial charge in [-0.3, -0.25) is 9.59 Å². The number of carbonyl (C=O) groups excluding carboxylic acids is 1. The van der Waals surface area contributed by atoms with Gasteiger partial charge in [-0.2, -0.15) is 9.61 Å². The molecule has 30 heavy (non-hydrogen) atoms. The van der Waals surface area contributed by atoms with Crippen LogP contribution in [0.25, 0.3) is 15.5 Å². The van der Waals surface area contributed by atoms with Crippen molar-refractivity contribution in [2.24, 2.45) is 0 Å². The molecule has 7 nitrogen and oxygen atoms in total. The highest BCUT2D eigenvalue weighted by molar-refractivity contribution is 7.19. The highest BCUT2D eigenvalue weighted by Crippen LogP contribution is 2.26. The van der Waals surface area contributed by atoms with Crippen LogP contribution in [0.5, 0.6) is 5.75 Å². The number of ether oxygens (including phenoxy) is 1. The number of amides is 1. The van der Waals surface area contributed by atoms with E-state index in [1.54, 1.807) is 0 Å². The number of nitrogens with one attached hydrogen (secondary N) is 1. The zero-order chi connectivity index (χ0) is 21.1. The summed E-state index contributed by atoms with van der Waals surface area (Å²) in [5.74, 6) is 0.337. The van der Waals surface area contributed by atoms with Crippen molar-refractivity contribution in [2.45, 2.75) is 20.4 Å². The molecule has 1 amide bonds. The van der Waals surface area contributed by atoms with E-state index in [4.69, 9.17) is 4.74 Å². The van der Waals surface area contributed by atoms with Gasteiger partial charge < -0.3 is 10.1 Å². The van der Waals surface area contributed by atoms with Crippen LogP contribution < -0.4 is 15.6 Å². The summed E-state index contributed by atoms with van der Waals surface area (Å²) in [4.78, 5) is 29.5. The second-order valence-electron chi connectivity index (χ2n) is 6.88. The van der Waals surface area contributed by atoms with E-state index in [1.807, 2.05) is 62.4 Å². The van der Waals surface area contributed by atoms with Gasteiger partial charge in [-0.15, -0.1) is 0 Å². The van der Waals surface area contributed by atoms with E-state index < -0.39 is 0 Å². The fourth-order valence-corrected chi connectivity index (χ4v) is 3.91. The minimum absolute atomic E-state index is 0.109. The van der Waals surface area contributed by atoms with Gasteiger partial charge in [-0.05, 0) is 31.5 Å². The number of nitrogens with zero attached hydrogens (tertiary/aromatic N) is 3. The Morgan fingerprint density at radius 1 is 1.13 bits per heavy atom. The molecule has 2 aromatic heterocycles. The fraction of sp³-hybridized carbons (Fsp3) is 0.182. The van der Waals surface area contributed by atoms with Gasteiger partial charge in [-0.1, -0.05) is 53.3 Å².